The van der Waals surface area contributed by atoms with Crippen molar-refractivity contribution in [3.05, 3.63) is 29.8 Å². The lowest BCUT2D eigenvalue weighted by atomic mass is 10.0. The Morgan fingerprint density at radius 3 is 2.49 bits per heavy atom. The van der Waals surface area contributed by atoms with Crippen molar-refractivity contribution < 1.29 is 29.0 Å². The van der Waals surface area contributed by atoms with Gasteiger partial charge in [-0.25, -0.2) is 0 Å². The van der Waals surface area contributed by atoms with Gasteiger partial charge in [-0.15, -0.1) is 0 Å². The molecule has 0 fully saturated rings. The van der Waals surface area contributed by atoms with E-state index >= 15 is 0 Å². The Labute approximate surface area is 218 Å². The van der Waals surface area contributed by atoms with E-state index in [4.69, 9.17) is 4.74 Å². The number of ether oxygens (including phenoxy) is 1. The molecular weight excluding hydrogens is 478 g/mol. The molecule has 2 rings (SSSR count). The van der Waals surface area contributed by atoms with Gasteiger partial charge >= 0.3 is 0 Å². The van der Waals surface area contributed by atoms with Gasteiger partial charge in [0.1, 0.15) is 24.4 Å². The Bertz CT molecular complexity index is 936. The van der Waals surface area contributed by atoms with Crippen LogP contribution in [0.25, 0.3) is 0 Å². The van der Waals surface area contributed by atoms with Gasteiger partial charge in [-0.3, -0.25) is 19.2 Å². The van der Waals surface area contributed by atoms with E-state index in [-0.39, 0.29) is 30.9 Å². The highest BCUT2D eigenvalue weighted by Gasteiger charge is 2.30. The molecule has 1 aromatic rings. The summed E-state index contributed by atoms with van der Waals surface area (Å²) in [5.74, 6) is -1.71. The second-order valence-corrected chi connectivity index (χ2v) is 9.96. The number of carbonyl (C=O) groups is 4. The largest absolute Gasteiger partial charge is 0.491 e. The average Bonchev–Trinajstić information content (AvgIpc) is 2.84. The number of aliphatic hydroxyl groups excluding tert-OH is 1. The fourth-order valence-electron chi connectivity index (χ4n) is 3.79. The number of hydrogen-bond donors (Lipinski definition) is 5. The van der Waals surface area contributed by atoms with Crippen molar-refractivity contribution in [3.63, 3.8) is 0 Å². The normalized spacial score (nSPS) is 22.5. The van der Waals surface area contributed by atoms with Crippen molar-refractivity contribution in [2.24, 2.45) is 5.92 Å². The summed E-state index contributed by atoms with van der Waals surface area (Å²) < 4.78 is 5.94. The lowest BCUT2D eigenvalue weighted by Gasteiger charge is -2.27. The van der Waals surface area contributed by atoms with Crippen LogP contribution in [0.2, 0.25) is 0 Å². The van der Waals surface area contributed by atoms with Crippen LogP contribution < -0.4 is 26.0 Å². The van der Waals surface area contributed by atoms with E-state index in [9.17, 15) is 24.3 Å². The van der Waals surface area contributed by atoms with Gasteiger partial charge in [-0.1, -0.05) is 26.0 Å². The number of para-hydroxylation sites is 1. The SMILES string of the molecule is CC(C)[C@H]1COc2ccccc2C(=O)N[C@H](C(=O)NCCCN(C)C)CCC(=O)N[C@@H]([C@@H](C)O)C(=O)N1. The maximum absolute atomic E-state index is 13.2. The number of fused-ring (bicyclic) bond motifs is 1. The van der Waals surface area contributed by atoms with E-state index in [0.717, 1.165) is 13.0 Å². The van der Waals surface area contributed by atoms with Gasteiger partial charge in [0.25, 0.3) is 5.91 Å². The molecule has 1 heterocycles. The molecule has 0 bridgehead atoms. The second-order valence-electron chi connectivity index (χ2n) is 9.96. The molecule has 0 saturated heterocycles. The van der Waals surface area contributed by atoms with Crippen LogP contribution in [0.4, 0.5) is 0 Å². The van der Waals surface area contributed by atoms with Crippen molar-refractivity contribution in [2.45, 2.75) is 64.3 Å². The summed E-state index contributed by atoms with van der Waals surface area (Å²) in [4.78, 5) is 53.8. The topological polar surface area (TPSA) is 149 Å². The summed E-state index contributed by atoms with van der Waals surface area (Å²) in [7, 11) is 3.87. The van der Waals surface area contributed by atoms with Crippen molar-refractivity contribution in [1.82, 2.24) is 26.2 Å². The molecule has 4 amide bonds. The minimum absolute atomic E-state index is 0.00286. The van der Waals surface area contributed by atoms with Crippen LogP contribution in [0, 0.1) is 5.92 Å². The third-order valence-electron chi connectivity index (χ3n) is 6.13. The van der Waals surface area contributed by atoms with E-state index < -0.39 is 47.9 Å². The first-order valence-corrected chi connectivity index (χ1v) is 12.7. The van der Waals surface area contributed by atoms with Gasteiger partial charge in [0.15, 0.2) is 0 Å². The Kier molecular flexibility index (Phi) is 11.8. The van der Waals surface area contributed by atoms with Crippen molar-refractivity contribution >= 4 is 23.6 Å². The summed E-state index contributed by atoms with van der Waals surface area (Å²) in [6.45, 7) is 6.47. The Morgan fingerprint density at radius 1 is 1.14 bits per heavy atom. The number of rotatable bonds is 7. The van der Waals surface area contributed by atoms with E-state index in [2.05, 4.69) is 21.3 Å². The summed E-state index contributed by atoms with van der Waals surface area (Å²) >= 11 is 0. The molecule has 5 N–H and O–H groups in total. The van der Waals surface area contributed by atoms with Crippen LogP contribution in [0.15, 0.2) is 24.3 Å². The van der Waals surface area contributed by atoms with E-state index in [1.165, 1.54) is 6.92 Å². The number of amides is 4. The van der Waals surface area contributed by atoms with Crippen LogP contribution in [0.3, 0.4) is 0 Å². The van der Waals surface area contributed by atoms with Gasteiger partial charge in [0, 0.05) is 13.0 Å². The van der Waals surface area contributed by atoms with Crippen LogP contribution in [0.5, 0.6) is 5.75 Å². The zero-order valence-corrected chi connectivity index (χ0v) is 22.4. The third kappa shape index (κ3) is 9.66. The monoisotopic (exact) mass is 519 g/mol. The van der Waals surface area contributed by atoms with Crippen molar-refractivity contribution in [3.8, 4) is 5.75 Å². The maximum Gasteiger partial charge on any atom is 0.255 e. The van der Waals surface area contributed by atoms with Crippen LogP contribution in [0.1, 0.15) is 50.4 Å². The molecule has 206 valence electrons. The molecule has 0 radical (unpaired) electrons. The zero-order chi connectivity index (χ0) is 27.5. The van der Waals surface area contributed by atoms with Crippen LogP contribution in [-0.2, 0) is 14.4 Å². The first-order chi connectivity index (χ1) is 17.5. The minimum atomic E-state index is -1.18. The molecule has 1 aliphatic heterocycles. The van der Waals surface area contributed by atoms with Gasteiger partial charge < -0.3 is 36.0 Å². The van der Waals surface area contributed by atoms with Crippen LogP contribution >= 0.6 is 0 Å². The second kappa shape index (κ2) is 14.5. The maximum atomic E-state index is 13.2. The molecule has 1 aliphatic rings. The Balaban J connectivity index is 2.32. The average molecular weight is 520 g/mol. The number of carbonyl (C=O) groups excluding carboxylic acids is 4. The predicted molar refractivity (Wildman–Crippen MR) is 139 cm³/mol. The van der Waals surface area contributed by atoms with Gasteiger partial charge in [-0.2, -0.15) is 0 Å². The molecule has 11 heteroatoms. The fourth-order valence-corrected chi connectivity index (χ4v) is 3.79. The Hall–Kier alpha value is -3.18. The van der Waals surface area contributed by atoms with E-state index in [0.29, 0.717) is 12.3 Å². The smallest absolute Gasteiger partial charge is 0.255 e. The molecular formula is C26H41N5O6. The van der Waals surface area contributed by atoms with Gasteiger partial charge in [-0.05, 0) is 58.5 Å². The summed E-state index contributed by atoms with van der Waals surface area (Å²) in [6, 6.07) is 4.03. The van der Waals surface area contributed by atoms with E-state index in [1.807, 2.05) is 32.8 Å². The van der Waals surface area contributed by atoms with Crippen molar-refractivity contribution in [1.29, 1.82) is 0 Å². The number of benzene rings is 1. The quantitative estimate of drug-likeness (QED) is 0.319. The first kappa shape index (κ1) is 30.0. The van der Waals surface area contributed by atoms with Crippen LogP contribution in [-0.4, -0.2) is 91.7 Å². The highest BCUT2D eigenvalue weighted by molar-refractivity contribution is 5.99. The highest BCUT2D eigenvalue weighted by atomic mass is 16.5. The van der Waals surface area contributed by atoms with Crippen molar-refractivity contribution in [2.75, 3.05) is 33.8 Å². The zero-order valence-electron chi connectivity index (χ0n) is 22.4. The predicted octanol–water partition coefficient (Wildman–Crippen LogP) is 0.0319. The molecule has 0 aliphatic carbocycles. The number of hydrogen-bond acceptors (Lipinski definition) is 7. The molecule has 0 spiro atoms. The molecule has 37 heavy (non-hydrogen) atoms. The highest BCUT2D eigenvalue weighted by Crippen LogP contribution is 2.20. The summed E-state index contributed by atoms with van der Waals surface area (Å²) in [6.07, 6.45) is -0.565. The van der Waals surface area contributed by atoms with E-state index in [1.54, 1.807) is 24.3 Å². The summed E-state index contributed by atoms with van der Waals surface area (Å²) in [5, 5.41) is 21.1. The lowest BCUT2D eigenvalue weighted by molar-refractivity contribution is -0.132. The number of nitrogens with one attached hydrogen (secondary N) is 4. The molecule has 0 saturated carbocycles. The number of aliphatic hydroxyl groups is 1. The first-order valence-electron chi connectivity index (χ1n) is 12.7. The van der Waals surface area contributed by atoms with Gasteiger partial charge in [0.05, 0.1) is 17.7 Å². The standard InChI is InChI=1S/C26H41N5O6/c1-16(2)20-15-37-21-10-7-6-9-18(21)24(34)28-19(25(35)27-13-8-14-31(4)5)11-12-22(33)30-23(17(3)32)26(36)29-20/h6-7,9-10,16-17,19-20,23,32H,8,11-15H2,1-5H3,(H,27,35)(H,28,34)(H,29,36)(H,30,33)/t17-,19+,20-,23+/m1/s1. The molecule has 11 nitrogen and oxygen atoms in total. The molecule has 0 unspecified atom stereocenters. The minimum Gasteiger partial charge on any atom is -0.491 e. The number of nitrogens with zero attached hydrogens (tertiary/aromatic N) is 1. The molecule has 1 aromatic carbocycles. The molecule has 0 aromatic heterocycles. The molecule has 4 atom stereocenters. The summed E-state index contributed by atoms with van der Waals surface area (Å²) in [5.41, 5.74) is 0.239. The lowest BCUT2D eigenvalue weighted by Crippen LogP contribution is -2.56. The third-order valence-corrected chi connectivity index (χ3v) is 6.13. The Morgan fingerprint density at radius 2 is 1.84 bits per heavy atom. The van der Waals surface area contributed by atoms with Gasteiger partial charge in [0.2, 0.25) is 17.7 Å². The fraction of sp³-hybridized carbons (Fsp3) is 0.615.